The fourth-order valence-electron chi connectivity index (χ4n) is 3.13. The van der Waals surface area contributed by atoms with Crippen LogP contribution >= 0.6 is 0 Å². The lowest BCUT2D eigenvalue weighted by atomic mass is 10.0. The average molecular weight is 399 g/mol. The minimum atomic E-state index is -0.606. The summed E-state index contributed by atoms with van der Waals surface area (Å²) in [4.78, 5) is 25.1. The van der Waals surface area contributed by atoms with Crippen molar-refractivity contribution in [2.24, 2.45) is 0 Å². The fraction of sp³-hybridized carbons (Fsp3) is 0.381. The number of hydrogen-bond donors (Lipinski definition) is 1. The van der Waals surface area contributed by atoms with Crippen molar-refractivity contribution < 1.29 is 19.2 Å². The van der Waals surface area contributed by atoms with E-state index in [0.717, 1.165) is 16.8 Å². The van der Waals surface area contributed by atoms with Gasteiger partial charge >= 0.3 is 6.09 Å². The van der Waals surface area contributed by atoms with E-state index in [1.807, 2.05) is 6.07 Å². The van der Waals surface area contributed by atoms with Gasteiger partial charge in [0.25, 0.3) is 5.69 Å². The maximum atomic E-state index is 12.1. The van der Waals surface area contributed by atoms with Gasteiger partial charge in [0.05, 0.1) is 18.1 Å². The normalized spacial score (nSPS) is 14.4. The Morgan fingerprint density at radius 3 is 2.55 bits per heavy atom. The molecule has 0 radical (unpaired) electrons. The van der Waals surface area contributed by atoms with Gasteiger partial charge in [0.15, 0.2) is 0 Å². The first-order valence-electron chi connectivity index (χ1n) is 9.44. The predicted molar refractivity (Wildman–Crippen MR) is 111 cm³/mol. The highest BCUT2D eigenvalue weighted by atomic mass is 16.6. The van der Waals surface area contributed by atoms with E-state index in [1.165, 1.54) is 6.07 Å². The van der Waals surface area contributed by atoms with Crippen LogP contribution in [0.4, 0.5) is 21.9 Å². The number of rotatable bonds is 4. The molecule has 1 heterocycles. The maximum Gasteiger partial charge on any atom is 0.412 e. The first-order chi connectivity index (χ1) is 13.7. The molecule has 0 atom stereocenters. The van der Waals surface area contributed by atoms with Gasteiger partial charge in [-0.2, -0.15) is 0 Å². The summed E-state index contributed by atoms with van der Waals surface area (Å²) in [5.74, 6) is 0. The quantitative estimate of drug-likeness (QED) is 0.603. The zero-order valence-corrected chi connectivity index (χ0v) is 16.8. The summed E-state index contributed by atoms with van der Waals surface area (Å²) in [6, 6.07) is 12.0. The topological polar surface area (TPSA) is 93.9 Å². The minimum absolute atomic E-state index is 0.0162. The standard InChI is InChI=1S/C21H25N3O5/c1-21(2,3)29-20(25)22-16-6-4-5-15(13-16)18-14-17(24(26)27)7-8-19(18)23-9-11-28-12-10-23/h4-8,13-14H,9-12H2,1-3H3,(H,22,25). The summed E-state index contributed by atoms with van der Waals surface area (Å²) in [6.45, 7) is 8.01. The molecule has 0 saturated carbocycles. The van der Waals surface area contributed by atoms with Gasteiger partial charge in [0.2, 0.25) is 0 Å². The molecule has 1 aliphatic heterocycles. The third-order valence-corrected chi connectivity index (χ3v) is 4.36. The number of nitro groups is 1. The van der Waals surface area contributed by atoms with E-state index in [1.54, 1.807) is 51.1 Å². The summed E-state index contributed by atoms with van der Waals surface area (Å²) in [6.07, 6.45) is -0.554. The van der Waals surface area contributed by atoms with Crippen molar-refractivity contribution in [3.63, 3.8) is 0 Å². The highest BCUT2D eigenvalue weighted by Gasteiger charge is 2.20. The number of carbonyl (C=O) groups is 1. The van der Waals surface area contributed by atoms with E-state index < -0.39 is 16.6 Å². The molecule has 3 rings (SSSR count). The van der Waals surface area contributed by atoms with E-state index in [-0.39, 0.29) is 5.69 Å². The number of benzene rings is 2. The van der Waals surface area contributed by atoms with Crippen LogP contribution in [0.25, 0.3) is 11.1 Å². The highest BCUT2D eigenvalue weighted by molar-refractivity contribution is 5.88. The van der Waals surface area contributed by atoms with Gasteiger partial charge in [-0.25, -0.2) is 4.79 Å². The molecular weight excluding hydrogens is 374 g/mol. The average Bonchev–Trinajstić information content (AvgIpc) is 2.67. The summed E-state index contributed by atoms with van der Waals surface area (Å²) in [5.41, 5.74) is 2.36. The van der Waals surface area contributed by atoms with Crippen LogP contribution in [0.3, 0.4) is 0 Å². The van der Waals surface area contributed by atoms with Crippen molar-refractivity contribution in [2.45, 2.75) is 26.4 Å². The molecule has 8 nitrogen and oxygen atoms in total. The summed E-state index contributed by atoms with van der Waals surface area (Å²) < 4.78 is 10.7. The van der Waals surface area contributed by atoms with Crippen molar-refractivity contribution in [3.8, 4) is 11.1 Å². The van der Waals surface area contributed by atoms with Crippen molar-refractivity contribution in [3.05, 3.63) is 52.6 Å². The molecule has 0 spiro atoms. The van der Waals surface area contributed by atoms with Gasteiger partial charge in [0.1, 0.15) is 5.60 Å². The second-order valence-corrected chi connectivity index (χ2v) is 7.77. The van der Waals surface area contributed by atoms with Crippen LogP contribution in [-0.2, 0) is 9.47 Å². The van der Waals surface area contributed by atoms with Crippen molar-refractivity contribution in [2.75, 3.05) is 36.5 Å². The molecule has 1 aliphatic rings. The number of morpholine rings is 1. The van der Waals surface area contributed by atoms with Crippen molar-refractivity contribution >= 4 is 23.2 Å². The number of carbonyl (C=O) groups excluding carboxylic acids is 1. The predicted octanol–water partition coefficient (Wildman–Crippen LogP) is 4.45. The van der Waals surface area contributed by atoms with Crippen LogP contribution in [0, 0.1) is 10.1 Å². The molecule has 0 unspecified atom stereocenters. The Morgan fingerprint density at radius 1 is 1.17 bits per heavy atom. The first-order valence-corrected chi connectivity index (χ1v) is 9.44. The first kappa shape index (κ1) is 20.6. The second kappa shape index (κ2) is 8.48. The van der Waals surface area contributed by atoms with Crippen LogP contribution in [0.5, 0.6) is 0 Å². The van der Waals surface area contributed by atoms with Gasteiger partial charge in [-0.3, -0.25) is 15.4 Å². The number of nitro benzene ring substituents is 1. The van der Waals surface area contributed by atoms with E-state index in [4.69, 9.17) is 9.47 Å². The Morgan fingerprint density at radius 2 is 1.90 bits per heavy atom. The van der Waals surface area contributed by atoms with Crippen molar-refractivity contribution in [1.29, 1.82) is 0 Å². The minimum Gasteiger partial charge on any atom is -0.444 e. The molecular formula is C21H25N3O5. The fourth-order valence-corrected chi connectivity index (χ4v) is 3.13. The Kier molecular flexibility index (Phi) is 6.03. The molecule has 1 fully saturated rings. The van der Waals surface area contributed by atoms with Crippen LogP contribution in [0.15, 0.2) is 42.5 Å². The lowest BCUT2D eigenvalue weighted by Crippen LogP contribution is -2.36. The summed E-state index contributed by atoms with van der Waals surface area (Å²) >= 11 is 0. The zero-order valence-electron chi connectivity index (χ0n) is 16.8. The molecule has 0 aliphatic carbocycles. The van der Waals surface area contributed by atoms with E-state index in [0.29, 0.717) is 32.0 Å². The van der Waals surface area contributed by atoms with Gasteiger partial charge in [0, 0.05) is 42.2 Å². The second-order valence-electron chi connectivity index (χ2n) is 7.77. The van der Waals surface area contributed by atoms with E-state index in [9.17, 15) is 14.9 Å². The van der Waals surface area contributed by atoms with E-state index in [2.05, 4.69) is 10.2 Å². The van der Waals surface area contributed by atoms with Gasteiger partial charge in [-0.1, -0.05) is 12.1 Å². The smallest absolute Gasteiger partial charge is 0.412 e. The number of nitrogens with zero attached hydrogens (tertiary/aromatic N) is 2. The zero-order chi connectivity index (χ0) is 21.0. The van der Waals surface area contributed by atoms with Gasteiger partial charge in [-0.15, -0.1) is 0 Å². The molecule has 2 aromatic carbocycles. The van der Waals surface area contributed by atoms with Crippen molar-refractivity contribution in [1.82, 2.24) is 0 Å². The third kappa shape index (κ3) is 5.45. The lowest BCUT2D eigenvalue weighted by molar-refractivity contribution is -0.384. The molecule has 2 aromatic rings. The molecule has 29 heavy (non-hydrogen) atoms. The third-order valence-electron chi connectivity index (χ3n) is 4.36. The molecule has 8 heteroatoms. The molecule has 1 N–H and O–H groups in total. The summed E-state index contributed by atoms with van der Waals surface area (Å²) in [7, 11) is 0. The Balaban J connectivity index is 1.95. The monoisotopic (exact) mass is 399 g/mol. The number of nitrogens with one attached hydrogen (secondary N) is 1. The highest BCUT2D eigenvalue weighted by Crippen LogP contribution is 2.35. The SMILES string of the molecule is CC(C)(C)OC(=O)Nc1cccc(-c2cc([N+](=O)[O-])ccc2N2CCOCC2)c1. The maximum absolute atomic E-state index is 12.1. The van der Waals surface area contributed by atoms with Crippen LogP contribution in [0.1, 0.15) is 20.8 Å². The number of ether oxygens (including phenoxy) is 2. The van der Waals surface area contributed by atoms with Gasteiger partial charge < -0.3 is 14.4 Å². The molecule has 1 saturated heterocycles. The van der Waals surface area contributed by atoms with Crippen LogP contribution in [-0.4, -0.2) is 42.9 Å². The number of non-ortho nitro benzene ring substituents is 1. The number of amides is 1. The Labute approximate surface area is 169 Å². The van der Waals surface area contributed by atoms with Gasteiger partial charge in [-0.05, 0) is 44.5 Å². The number of anilines is 2. The summed E-state index contributed by atoms with van der Waals surface area (Å²) in [5, 5.41) is 14.0. The van der Waals surface area contributed by atoms with Crippen LogP contribution in [0.2, 0.25) is 0 Å². The molecule has 0 aromatic heterocycles. The van der Waals surface area contributed by atoms with E-state index >= 15 is 0 Å². The Bertz CT molecular complexity index is 901. The lowest BCUT2D eigenvalue weighted by Gasteiger charge is -2.30. The Hall–Kier alpha value is -3.13. The molecule has 154 valence electrons. The van der Waals surface area contributed by atoms with Crippen LogP contribution < -0.4 is 10.2 Å². The largest absolute Gasteiger partial charge is 0.444 e. The number of hydrogen-bond acceptors (Lipinski definition) is 6. The molecule has 0 bridgehead atoms. The molecule has 1 amide bonds.